The monoisotopic (exact) mass is 205 g/mol. The Hall–Kier alpha value is 0.110. The first kappa shape index (κ1) is 13.1. The summed E-state index contributed by atoms with van der Waals surface area (Å²) in [6.07, 6.45) is 3.52. The summed E-state index contributed by atoms with van der Waals surface area (Å²) in [6.45, 7) is 10.2. The molecule has 0 fully saturated rings. The van der Waals surface area contributed by atoms with Gasteiger partial charge in [0.25, 0.3) is 0 Å². The summed E-state index contributed by atoms with van der Waals surface area (Å²) in [4.78, 5) is 0. The molecule has 0 aromatic heterocycles. The fourth-order valence-electron chi connectivity index (χ4n) is 0.929. The average Bonchev–Trinajstić information content (AvgIpc) is 1.99. The van der Waals surface area contributed by atoms with Crippen LogP contribution in [0.4, 0.5) is 0 Å². The van der Waals surface area contributed by atoms with Crippen molar-refractivity contribution in [3.8, 4) is 0 Å². The molecule has 0 unspecified atom stereocenters. The third-order valence-electron chi connectivity index (χ3n) is 1.86. The van der Waals surface area contributed by atoms with E-state index in [1.165, 1.54) is 12.8 Å². The van der Waals surface area contributed by atoms with Gasteiger partial charge >= 0.3 is 0 Å². The van der Waals surface area contributed by atoms with Gasteiger partial charge in [-0.3, -0.25) is 0 Å². The zero-order valence-corrected chi connectivity index (χ0v) is 10.3. The lowest BCUT2D eigenvalue weighted by molar-refractivity contribution is 0.559. The van der Waals surface area contributed by atoms with Crippen LogP contribution in [0.3, 0.4) is 0 Å². The maximum absolute atomic E-state index is 11.6. The molecule has 2 atom stereocenters. The molecule has 0 bridgehead atoms. The molecule has 0 aromatic rings. The van der Waals surface area contributed by atoms with Gasteiger partial charge in [-0.1, -0.05) is 19.8 Å². The molecule has 0 spiro atoms. The van der Waals surface area contributed by atoms with Crippen LogP contribution in [0.2, 0.25) is 0 Å². The zero-order chi connectivity index (χ0) is 10.5. The van der Waals surface area contributed by atoms with Crippen LogP contribution in [0, 0.1) is 0 Å². The third-order valence-corrected chi connectivity index (χ3v) is 3.58. The number of rotatable bonds is 5. The summed E-state index contributed by atoms with van der Waals surface area (Å²) >= 11 is 0. The number of unbranched alkanes of at least 4 members (excludes halogenated alkanes) is 1. The predicted octanol–water partition coefficient (Wildman–Crippen LogP) is 2.62. The summed E-state index contributed by atoms with van der Waals surface area (Å²) in [5.41, 5.74) is 0. The molecule has 0 heterocycles. The van der Waals surface area contributed by atoms with Crippen LogP contribution in [0.25, 0.3) is 0 Å². The quantitative estimate of drug-likeness (QED) is 0.734. The van der Waals surface area contributed by atoms with Gasteiger partial charge in [-0.2, -0.15) is 0 Å². The van der Waals surface area contributed by atoms with E-state index in [-0.39, 0.29) is 4.75 Å². The zero-order valence-electron chi connectivity index (χ0n) is 9.52. The normalized spacial score (nSPS) is 17.0. The SMILES string of the molecule is CCCC[C@@H](C)N[S@](=O)C(C)(C)C. The van der Waals surface area contributed by atoms with Crippen molar-refractivity contribution < 1.29 is 4.21 Å². The van der Waals surface area contributed by atoms with Crippen LogP contribution >= 0.6 is 0 Å². The summed E-state index contributed by atoms with van der Waals surface area (Å²) < 4.78 is 14.6. The highest BCUT2D eigenvalue weighted by molar-refractivity contribution is 7.84. The van der Waals surface area contributed by atoms with Crippen molar-refractivity contribution in [3.05, 3.63) is 0 Å². The van der Waals surface area contributed by atoms with E-state index in [2.05, 4.69) is 18.6 Å². The maximum atomic E-state index is 11.6. The lowest BCUT2D eigenvalue weighted by Gasteiger charge is -2.21. The van der Waals surface area contributed by atoms with Crippen LogP contribution in [0.5, 0.6) is 0 Å². The van der Waals surface area contributed by atoms with Gasteiger partial charge in [0.1, 0.15) is 0 Å². The molecule has 0 amide bonds. The third kappa shape index (κ3) is 6.22. The first-order valence-corrected chi connectivity index (χ1v) is 6.21. The molecule has 0 aliphatic rings. The molecule has 0 saturated carbocycles. The standard InChI is InChI=1S/C10H23NOS/c1-6-7-8-9(2)11-13(12)10(3,4)5/h9,11H,6-8H2,1-5H3/t9-,13-/m1/s1. The molecule has 0 rings (SSSR count). The highest BCUT2D eigenvalue weighted by Gasteiger charge is 2.20. The van der Waals surface area contributed by atoms with Crippen molar-refractivity contribution >= 4 is 11.0 Å². The fourth-order valence-corrected chi connectivity index (χ4v) is 1.77. The number of nitrogens with one attached hydrogen (secondary N) is 1. The Balaban J connectivity index is 3.79. The maximum Gasteiger partial charge on any atom is 0.0972 e. The van der Waals surface area contributed by atoms with Crippen LogP contribution in [-0.2, 0) is 11.0 Å². The smallest absolute Gasteiger partial charge is 0.0972 e. The Morgan fingerprint density at radius 3 is 2.31 bits per heavy atom. The molecule has 2 nitrogen and oxygen atoms in total. The van der Waals surface area contributed by atoms with Gasteiger partial charge in [0.05, 0.1) is 15.7 Å². The molecule has 3 heteroatoms. The highest BCUT2D eigenvalue weighted by atomic mass is 32.2. The van der Waals surface area contributed by atoms with Crippen molar-refractivity contribution in [2.24, 2.45) is 0 Å². The minimum absolute atomic E-state index is 0.152. The molecule has 0 aliphatic carbocycles. The van der Waals surface area contributed by atoms with Gasteiger partial charge in [-0.05, 0) is 34.1 Å². The Labute approximate surface area is 85.1 Å². The van der Waals surface area contributed by atoms with Crippen molar-refractivity contribution in [1.29, 1.82) is 0 Å². The summed E-state index contributed by atoms with van der Waals surface area (Å²) in [5.74, 6) is 0. The van der Waals surface area contributed by atoms with Crippen molar-refractivity contribution in [1.82, 2.24) is 4.72 Å². The van der Waals surface area contributed by atoms with E-state index >= 15 is 0 Å². The predicted molar refractivity (Wildman–Crippen MR) is 60.0 cm³/mol. The van der Waals surface area contributed by atoms with Crippen molar-refractivity contribution in [2.75, 3.05) is 0 Å². The second kappa shape index (κ2) is 5.76. The van der Waals surface area contributed by atoms with Crippen molar-refractivity contribution in [3.63, 3.8) is 0 Å². The Morgan fingerprint density at radius 1 is 1.38 bits per heavy atom. The van der Waals surface area contributed by atoms with E-state index in [1.54, 1.807) is 0 Å². The second-order valence-corrected chi connectivity index (χ2v) is 6.54. The van der Waals surface area contributed by atoms with Gasteiger partial charge in [-0.25, -0.2) is 8.93 Å². The summed E-state index contributed by atoms with van der Waals surface area (Å²) in [7, 11) is -0.921. The Kier molecular flexibility index (Phi) is 5.81. The molecule has 0 radical (unpaired) electrons. The average molecular weight is 205 g/mol. The number of hydrogen-bond donors (Lipinski definition) is 1. The van der Waals surface area contributed by atoms with E-state index in [9.17, 15) is 4.21 Å². The fraction of sp³-hybridized carbons (Fsp3) is 1.00. The minimum atomic E-state index is -0.921. The summed E-state index contributed by atoms with van der Waals surface area (Å²) in [5, 5.41) is 0. The largest absolute Gasteiger partial charge is 0.242 e. The Morgan fingerprint density at radius 2 is 1.92 bits per heavy atom. The lowest BCUT2D eigenvalue weighted by atomic mass is 10.2. The molecule has 0 saturated heterocycles. The topological polar surface area (TPSA) is 29.1 Å². The van der Waals surface area contributed by atoms with Gasteiger partial charge in [0, 0.05) is 6.04 Å². The first-order chi connectivity index (χ1) is 5.88. The number of hydrogen-bond acceptors (Lipinski definition) is 1. The molecular formula is C10H23NOS. The molecule has 1 N–H and O–H groups in total. The van der Waals surface area contributed by atoms with Gasteiger partial charge in [0.2, 0.25) is 0 Å². The molecule has 0 aromatic carbocycles. The van der Waals surface area contributed by atoms with E-state index < -0.39 is 11.0 Å². The molecule has 80 valence electrons. The molecule has 13 heavy (non-hydrogen) atoms. The second-order valence-electron chi connectivity index (χ2n) is 4.54. The van der Waals surface area contributed by atoms with Gasteiger partial charge < -0.3 is 0 Å². The van der Waals surface area contributed by atoms with E-state index in [0.29, 0.717) is 6.04 Å². The van der Waals surface area contributed by atoms with E-state index in [0.717, 1.165) is 6.42 Å². The first-order valence-electron chi connectivity index (χ1n) is 5.06. The van der Waals surface area contributed by atoms with E-state index in [4.69, 9.17) is 0 Å². The highest BCUT2D eigenvalue weighted by Crippen LogP contribution is 2.10. The molecule has 0 aliphatic heterocycles. The van der Waals surface area contributed by atoms with Gasteiger partial charge in [0.15, 0.2) is 0 Å². The lowest BCUT2D eigenvalue weighted by Crippen LogP contribution is -2.38. The summed E-state index contributed by atoms with van der Waals surface area (Å²) in [6, 6.07) is 0.361. The van der Waals surface area contributed by atoms with Gasteiger partial charge in [-0.15, -0.1) is 0 Å². The Bertz CT molecular complexity index is 163. The van der Waals surface area contributed by atoms with Crippen LogP contribution in [0.1, 0.15) is 53.9 Å². The minimum Gasteiger partial charge on any atom is -0.242 e. The van der Waals surface area contributed by atoms with E-state index in [1.807, 2.05) is 20.8 Å². The van der Waals surface area contributed by atoms with Crippen molar-refractivity contribution in [2.45, 2.75) is 64.7 Å². The van der Waals surface area contributed by atoms with Crippen LogP contribution in [0.15, 0.2) is 0 Å². The molecular weight excluding hydrogens is 182 g/mol. The van der Waals surface area contributed by atoms with Crippen LogP contribution in [-0.4, -0.2) is 15.0 Å². The van der Waals surface area contributed by atoms with Crippen LogP contribution < -0.4 is 4.72 Å².